The number of cyclic esters (lactones) is 1. The van der Waals surface area contributed by atoms with Gasteiger partial charge in [0.15, 0.2) is 24.1 Å². The fourth-order valence-electron chi connectivity index (χ4n) is 4.21. The number of hydrogen-bond donors (Lipinski definition) is 0. The second-order valence-electron chi connectivity index (χ2n) is 10.4. The second-order valence-corrected chi connectivity index (χ2v) is 10.4. The first kappa shape index (κ1) is 27.5. The molecule has 36 heavy (non-hydrogen) atoms. The van der Waals surface area contributed by atoms with Gasteiger partial charge in [-0.2, -0.15) is 0 Å². The average molecular weight is 499 g/mol. The third-order valence-electron chi connectivity index (χ3n) is 6.37. The van der Waals surface area contributed by atoms with E-state index in [4.69, 9.17) is 4.74 Å². The van der Waals surface area contributed by atoms with Gasteiger partial charge in [-0.3, -0.25) is 9.59 Å². The molecule has 2 aromatic rings. The van der Waals surface area contributed by atoms with E-state index in [1.54, 1.807) is 0 Å². The number of ketones is 1. The van der Waals surface area contributed by atoms with Crippen LogP contribution in [0.5, 0.6) is 0 Å². The molecule has 1 saturated heterocycles. The van der Waals surface area contributed by atoms with Crippen LogP contribution in [0.4, 0.5) is 14.5 Å². The molecule has 0 N–H and O–H groups in total. The predicted molar refractivity (Wildman–Crippen MR) is 137 cm³/mol. The van der Waals surface area contributed by atoms with Gasteiger partial charge in [0.25, 0.3) is 0 Å². The predicted octanol–water partition coefficient (Wildman–Crippen LogP) is 6.51. The van der Waals surface area contributed by atoms with Crippen LogP contribution in [-0.2, 0) is 26.3 Å². The number of benzene rings is 2. The van der Waals surface area contributed by atoms with Crippen LogP contribution in [0.25, 0.3) is 0 Å². The smallest absolute Gasteiger partial charge is 0.324 e. The number of hydrogen-bond acceptors (Lipinski definition) is 4. The molecule has 0 spiro atoms. The normalized spacial score (nSPS) is 16.4. The summed E-state index contributed by atoms with van der Waals surface area (Å²) in [5, 5.41) is 0. The minimum absolute atomic E-state index is 0.00421. The summed E-state index contributed by atoms with van der Waals surface area (Å²) in [6.07, 6.45) is 5.12. The van der Waals surface area contributed by atoms with Crippen molar-refractivity contribution in [1.82, 2.24) is 4.90 Å². The van der Waals surface area contributed by atoms with Crippen LogP contribution in [0.2, 0.25) is 0 Å². The van der Waals surface area contributed by atoms with Gasteiger partial charge in [0, 0.05) is 19.2 Å². The maximum Gasteiger partial charge on any atom is 0.324 e. The van der Waals surface area contributed by atoms with Crippen LogP contribution in [0, 0.1) is 17.6 Å². The lowest BCUT2D eigenvalue weighted by Gasteiger charge is -2.29. The number of carbonyl (C=O) groups excluding carboxylic acids is 2. The lowest BCUT2D eigenvalue weighted by atomic mass is 9.86. The fourth-order valence-corrected chi connectivity index (χ4v) is 4.21. The molecule has 1 atom stereocenters. The number of unbranched alkanes of at least 4 members (excludes halogenated alkanes) is 4. The molecule has 0 bridgehead atoms. The molecule has 3 rings (SSSR count). The molecular weight excluding hydrogens is 462 g/mol. The van der Waals surface area contributed by atoms with E-state index in [-0.39, 0.29) is 23.5 Å². The summed E-state index contributed by atoms with van der Waals surface area (Å²) >= 11 is 0. The van der Waals surface area contributed by atoms with E-state index in [0.717, 1.165) is 49.8 Å². The fraction of sp³-hybridized carbons (Fsp3) is 0.483. The molecule has 1 fully saturated rings. The number of ether oxygens (including phenoxy) is 1. The highest BCUT2D eigenvalue weighted by atomic mass is 19.1. The number of nitrogens with zero attached hydrogens (tertiary/aromatic N) is 2. The first-order valence-corrected chi connectivity index (χ1v) is 12.7. The number of carbonyl (C=O) groups is 2. The van der Waals surface area contributed by atoms with E-state index < -0.39 is 29.3 Å². The molecule has 0 aliphatic carbocycles. The number of esters is 1. The summed E-state index contributed by atoms with van der Waals surface area (Å²) in [4.78, 5) is 31.6. The maximum absolute atomic E-state index is 14.6. The molecule has 1 aliphatic heterocycles. The zero-order valence-corrected chi connectivity index (χ0v) is 21.7. The Morgan fingerprint density at radius 3 is 2.31 bits per heavy atom. The third-order valence-corrected chi connectivity index (χ3v) is 6.37. The van der Waals surface area contributed by atoms with E-state index in [2.05, 4.69) is 44.8 Å². The van der Waals surface area contributed by atoms with Crippen molar-refractivity contribution in [2.24, 2.45) is 10.9 Å². The second kappa shape index (κ2) is 12.2. The molecule has 0 amide bonds. The van der Waals surface area contributed by atoms with Gasteiger partial charge in [0.2, 0.25) is 0 Å². The molecule has 0 aromatic heterocycles. The first-order valence-electron chi connectivity index (χ1n) is 12.7. The summed E-state index contributed by atoms with van der Waals surface area (Å²) in [5.74, 6) is -3.79. The number of rotatable bonds is 10. The molecule has 0 saturated carbocycles. The lowest BCUT2D eigenvalue weighted by Crippen LogP contribution is -2.41. The summed E-state index contributed by atoms with van der Waals surface area (Å²) in [6, 6.07) is 11.2. The Bertz CT molecular complexity index is 1070. The Morgan fingerprint density at radius 2 is 1.72 bits per heavy atom. The van der Waals surface area contributed by atoms with E-state index in [1.165, 1.54) is 11.6 Å². The highest BCUT2D eigenvalue weighted by molar-refractivity contribution is 6.21. The van der Waals surface area contributed by atoms with Crippen molar-refractivity contribution >= 4 is 23.3 Å². The van der Waals surface area contributed by atoms with Crippen LogP contribution < -0.4 is 0 Å². The number of halogens is 2. The zero-order valence-electron chi connectivity index (χ0n) is 21.7. The molecule has 1 unspecified atom stereocenters. The van der Waals surface area contributed by atoms with Gasteiger partial charge in [-0.25, -0.2) is 13.8 Å². The maximum atomic E-state index is 14.6. The molecule has 2 aromatic carbocycles. The largest absolute Gasteiger partial charge is 0.457 e. The molecule has 5 nitrogen and oxygen atoms in total. The quantitative estimate of drug-likeness (QED) is 0.123. The van der Waals surface area contributed by atoms with Crippen molar-refractivity contribution in [2.75, 3.05) is 13.2 Å². The highest BCUT2D eigenvalue weighted by Crippen LogP contribution is 2.26. The van der Waals surface area contributed by atoms with E-state index in [0.29, 0.717) is 13.1 Å². The molecule has 1 aliphatic rings. The van der Waals surface area contributed by atoms with Crippen molar-refractivity contribution in [3.05, 3.63) is 65.2 Å². The van der Waals surface area contributed by atoms with Crippen molar-refractivity contribution in [1.29, 1.82) is 0 Å². The molecule has 194 valence electrons. The van der Waals surface area contributed by atoms with Gasteiger partial charge < -0.3 is 9.64 Å². The Balaban J connectivity index is 1.99. The summed E-state index contributed by atoms with van der Waals surface area (Å²) < 4.78 is 33.1. The third kappa shape index (κ3) is 7.21. The van der Waals surface area contributed by atoms with Crippen molar-refractivity contribution < 1.29 is 23.1 Å². The number of aliphatic imine (C=N–C) groups is 1. The highest BCUT2D eigenvalue weighted by Gasteiger charge is 2.42. The lowest BCUT2D eigenvalue weighted by molar-refractivity contribution is -0.139. The van der Waals surface area contributed by atoms with Crippen molar-refractivity contribution in [2.45, 2.75) is 71.8 Å². The standard InChI is InChI=1S/C29H36F2N2O3/c1-5-6-7-8-9-16-33(18-20-10-12-21(13-11-20)29(2,3)4)27(26-25(34)19-36-28(26)35)32-24-15-14-22(30)17-23(24)31/h10-15,17,26H,5-9,16,18-19H2,1-4H3. The van der Waals surface area contributed by atoms with E-state index in [1.807, 2.05) is 17.0 Å². The molecule has 1 heterocycles. The minimum atomic E-state index is -1.24. The van der Waals surface area contributed by atoms with Crippen molar-refractivity contribution in [3.8, 4) is 0 Å². The van der Waals surface area contributed by atoms with Gasteiger partial charge in [-0.15, -0.1) is 0 Å². The van der Waals surface area contributed by atoms with Gasteiger partial charge in [-0.1, -0.05) is 77.6 Å². The van der Waals surface area contributed by atoms with E-state index >= 15 is 0 Å². The Kier molecular flexibility index (Phi) is 9.35. The summed E-state index contributed by atoms with van der Waals surface area (Å²) in [6.45, 7) is 9.16. The average Bonchev–Trinajstić information content (AvgIpc) is 3.15. The summed E-state index contributed by atoms with van der Waals surface area (Å²) in [5.41, 5.74) is 2.04. The monoisotopic (exact) mass is 498 g/mol. The van der Waals surface area contributed by atoms with Crippen molar-refractivity contribution in [3.63, 3.8) is 0 Å². The van der Waals surface area contributed by atoms with Crippen LogP contribution in [0.15, 0.2) is 47.5 Å². The SMILES string of the molecule is CCCCCCCN(Cc1ccc(C(C)(C)C)cc1)C(=Nc1ccc(F)cc1F)C1C(=O)COC1=O. The van der Waals surface area contributed by atoms with Gasteiger partial charge in [0.1, 0.15) is 17.3 Å². The van der Waals surface area contributed by atoms with Gasteiger partial charge in [0.05, 0.1) is 0 Å². The van der Waals surface area contributed by atoms with E-state index in [9.17, 15) is 18.4 Å². The topological polar surface area (TPSA) is 59.0 Å². The molecule has 7 heteroatoms. The summed E-state index contributed by atoms with van der Waals surface area (Å²) in [7, 11) is 0. The Labute approximate surface area is 212 Å². The Hall–Kier alpha value is -3.09. The molecule has 0 radical (unpaired) electrons. The first-order chi connectivity index (χ1) is 17.1. The van der Waals surface area contributed by atoms with Gasteiger partial charge >= 0.3 is 5.97 Å². The molecular formula is C29H36F2N2O3. The number of Topliss-reactive ketones (excluding diaryl/α,β-unsaturated/α-hetero) is 1. The number of amidine groups is 1. The van der Waals surface area contributed by atoms with Crippen LogP contribution in [0.3, 0.4) is 0 Å². The van der Waals surface area contributed by atoms with Crippen LogP contribution in [0.1, 0.15) is 70.9 Å². The Morgan fingerprint density at radius 1 is 1.03 bits per heavy atom. The van der Waals surface area contributed by atoms with Crippen LogP contribution in [-0.4, -0.2) is 35.6 Å². The minimum Gasteiger partial charge on any atom is -0.457 e. The van der Waals surface area contributed by atoms with Gasteiger partial charge in [-0.05, 0) is 35.1 Å². The zero-order chi connectivity index (χ0) is 26.3. The van der Waals surface area contributed by atoms with Crippen LogP contribution >= 0.6 is 0 Å².